The molecule has 1 aliphatic rings. The molecule has 1 aromatic rings. The molecule has 2 unspecified atom stereocenters. The second-order valence-electron chi connectivity index (χ2n) is 5.94. The Morgan fingerprint density at radius 2 is 2.10 bits per heavy atom. The van der Waals surface area contributed by atoms with Crippen LogP contribution in [0.25, 0.3) is 0 Å². The average Bonchev–Trinajstić information content (AvgIpc) is 2.44. The third-order valence-corrected chi connectivity index (χ3v) is 4.63. The monoisotopic (exact) mass is 331 g/mol. The molecule has 0 saturated heterocycles. The van der Waals surface area contributed by atoms with Crippen molar-refractivity contribution in [2.45, 2.75) is 45.1 Å². The summed E-state index contributed by atoms with van der Waals surface area (Å²) in [6.07, 6.45) is 4.14. The number of hydrogen-bond donors (Lipinski definition) is 3. The maximum absolute atomic E-state index is 9.86. The van der Waals surface area contributed by atoms with Crippen LogP contribution in [0.5, 0.6) is 0 Å². The lowest BCUT2D eigenvalue weighted by Crippen LogP contribution is -2.46. The van der Waals surface area contributed by atoms with Gasteiger partial charge in [-0.3, -0.25) is 0 Å². The molecule has 118 valence electrons. The lowest BCUT2D eigenvalue weighted by molar-refractivity contribution is 0.149. The molecule has 0 radical (unpaired) electrons. The highest BCUT2D eigenvalue weighted by Crippen LogP contribution is 2.37. The zero-order chi connectivity index (χ0) is 15.5. The minimum absolute atomic E-state index is 0.0779. The Morgan fingerprint density at radius 3 is 2.71 bits per heavy atom. The summed E-state index contributed by atoms with van der Waals surface area (Å²) in [5.41, 5.74) is -0.342. The molecule has 1 aliphatic carbocycles. The first-order valence-corrected chi connectivity index (χ1v) is 8.24. The fourth-order valence-corrected chi connectivity index (χ4v) is 3.53. The Hall–Kier alpha value is -0.710. The van der Waals surface area contributed by atoms with Gasteiger partial charge in [-0.2, -0.15) is 0 Å². The van der Waals surface area contributed by atoms with Crippen LogP contribution in [-0.4, -0.2) is 28.8 Å². The number of anilines is 2. The van der Waals surface area contributed by atoms with Gasteiger partial charge in [0.2, 0.25) is 0 Å². The van der Waals surface area contributed by atoms with Crippen LogP contribution in [0.2, 0.25) is 10.0 Å². The summed E-state index contributed by atoms with van der Waals surface area (Å²) in [6.45, 7) is 5.01. The zero-order valence-electron chi connectivity index (χ0n) is 12.5. The molecule has 4 nitrogen and oxygen atoms in total. The van der Waals surface area contributed by atoms with Gasteiger partial charge >= 0.3 is 0 Å². The summed E-state index contributed by atoms with van der Waals surface area (Å²) in [5, 5.41) is 17.3. The van der Waals surface area contributed by atoms with E-state index in [2.05, 4.69) is 22.5 Å². The normalized spacial score (nSPS) is 25.7. The Kier molecular flexibility index (Phi) is 5.58. The first-order valence-electron chi connectivity index (χ1n) is 7.48. The van der Waals surface area contributed by atoms with E-state index in [0.717, 1.165) is 25.8 Å². The van der Waals surface area contributed by atoms with Crippen LogP contribution in [0.3, 0.4) is 0 Å². The zero-order valence-corrected chi connectivity index (χ0v) is 14.1. The first-order chi connectivity index (χ1) is 9.99. The van der Waals surface area contributed by atoms with Gasteiger partial charge in [-0.15, -0.1) is 0 Å². The smallest absolute Gasteiger partial charge is 0.147 e. The van der Waals surface area contributed by atoms with Crippen molar-refractivity contribution in [3.05, 3.63) is 16.1 Å². The van der Waals surface area contributed by atoms with E-state index < -0.39 is 0 Å². The first kappa shape index (κ1) is 16.7. The maximum Gasteiger partial charge on any atom is 0.147 e. The number of hydrogen-bond acceptors (Lipinski definition) is 4. The largest absolute Gasteiger partial charge is 0.394 e. The van der Waals surface area contributed by atoms with Crippen LogP contribution in [0.4, 0.5) is 11.6 Å². The van der Waals surface area contributed by atoms with Crippen molar-refractivity contribution in [1.29, 1.82) is 0 Å². The van der Waals surface area contributed by atoms with Crippen molar-refractivity contribution in [3.8, 4) is 0 Å². The van der Waals surface area contributed by atoms with Crippen LogP contribution in [0.1, 0.15) is 39.5 Å². The predicted octanol–water partition coefficient (Wildman–Crippen LogP) is 4.17. The average molecular weight is 332 g/mol. The summed E-state index contributed by atoms with van der Waals surface area (Å²) in [6, 6.07) is 1.69. The van der Waals surface area contributed by atoms with E-state index >= 15 is 0 Å². The Morgan fingerprint density at radius 1 is 1.38 bits per heavy atom. The van der Waals surface area contributed by atoms with Gasteiger partial charge in [0.1, 0.15) is 11.6 Å². The van der Waals surface area contributed by atoms with Gasteiger partial charge < -0.3 is 15.7 Å². The van der Waals surface area contributed by atoms with Crippen molar-refractivity contribution < 1.29 is 5.11 Å². The van der Waals surface area contributed by atoms with Gasteiger partial charge in [0, 0.05) is 6.54 Å². The van der Waals surface area contributed by atoms with Crippen molar-refractivity contribution in [2.24, 2.45) is 5.92 Å². The highest BCUT2D eigenvalue weighted by atomic mass is 35.5. The predicted molar refractivity (Wildman–Crippen MR) is 89.5 cm³/mol. The minimum Gasteiger partial charge on any atom is -0.394 e. The number of aliphatic hydroxyl groups excluding tert-OH is 1. The summed E-state index contributed by atoms with van der Waals surface area (Å²) in [4.78, 5) is 4.48. The molecule has 2 atom stereocenters. The van der Waals surface area contributed by atoms with Gasteiger partial charge in [-0.05, 0) is 31.7 Å². The van der Waals surface area contributed by atoms with Gasteiger partial charge in [0.05, 0.1) is 22.2 Å². The summed E-state index contributed by atoms with van der Waals surface area (Å²) < 4.78 is 0. The molecule has 2 rings (SSSR count). The van der Waals surface area contributed by atoms with Crippen molar-refractivity contribution in [1.82, 2.24) is 4.98 Å². The molecular formula is C15H23Cl2N3O. The summed E-state index contributed by atoms with van der Waals surface area (Å²) in [5.74, 6) is 1.78. The fourth-order valence-electron chi connectivity index (χ4n) is 3.05. The number of nitrogens with one attached hydrogen (secondary N) is 2. The topological polar surface area (TPSA) is 57.2 Å². The van der Waals surface area contributed by atoms with Crippen LogP contribution in [-0.2, 0) is 0 Å². The van der Waals surface area contributed by atoms with Crippen molar-refractivity contribution in [2.75, 3.05) is 23.8 Å². The number of nitrogens with zero attached hydrogens (tertiary/aromatic N) is 1. The lowest BCUT2D eigenvalue weighted by atomic mass is 9.77. The fraction of sp³-hybridized carbons (Fsp3) is 0.667. The number of aliphatic hydroxyl groups is 1. The quantitative estimate of drug-likeness (QED) is 0.757. The molecule has 3 N–H and O–H groups in total. The van der Waals surface area contributed by atoms with E-state index in [1.54, 1.807) is 6.07 Å². The van der Waals surface area contributed by atoms with Gasteiger partial charge in [-0.25, -0.2) is 4.98 Å². The third-order valence-electron chi connectivity index (χ3n) is 4.05. The molecule has 1 heterocycles. The van der Waals surface area contributed by atoms with Crippen molar-refractivity contribution >= 4 is 34.8 Å². The minimum atomic E-state index is -0.342. The molecule has 0 spiro atoms. The van der Waals surface area contributed by atoms with E-state index in [0.29, 0.717) is 27.6 Å². The molecule has 6 heteroatoms. The van der Waals surface area contributed by atoms with E-state index in [4.69, 9.17) is 23.2 Å². The molecular weight excluding hydrogens is 309 g/mol. The van der Waals surface area contributed by atoms with Crippen LogP contribution < -0.4 is 10.6 Å². The number of aromatic nitrogens is 1. The Bertz CT molecular complexity index is 498. The molecule has 1 fully saturated rings. The molecule has 0 aromatic carbocycles. The Balaban J connectivity index is 2.26. The maximum atomic E-state index is 9.86. The molecule has 0 amide bonds. The van der Waals surface area contributed by atoms with Gasteiger partial charge in [0.15, 0.2) is 0 Å². The van der Waals surface area contributed by atoms with Crippen LogP contribution in [0, 0.1) is 5.92 Å². The third kappa shape index (κ3) is 3.93. The summed E-state index contributed by atoms with van der Waals surface area (Å²) >= 11 is 12.4. The molecule has 1 saturated carbocycles. The molecule has 1 aromatic heterocycles. The molecule has 21 heavy (non-hydrogen) atoms. The second kappa shape index (κ2) is 7.03. The SMILES string of the molecule is CCNc1nc(NC2(CO)CCCC(C)C2)c(Cl)cc1Cl. The number of rotatable bonds is 5. The van der Waals surface area contributed by atoms with E-state index in [1.165, 1.54) is 6.42 Å². The highest BCUT2D eigenvalue weighted by molar-refractivity contribution is 6.37. The van der Waals surface area contributed by atoms with E-state index in [1.807, 2.05) is 6.92 Å². The van der Waals surface area contributed by atoms with Gasteiger partial charge in [0.25, 0.3) is 0 Å². The van der Waals surface area contributed by atoms with E-state index in [9.17, 15) is 5.11 Å². The number of halogens is 2. The Labute approximate surface area is 136 Å². The van der Waals surface area contributed by atoms with Crippen LogP contribution >= 0.6 is 23.2 Å². The van der Waals surface area contributed by atoms with Gasteiger partial charge in [-0.1, -0.05) is 43.0 Å². The molecule has 0 bridgehead atoms. The van der Waals surface area contributed by atoms with Crippen molar-refractivity contribution in [3.63, 3.8) is 0 Å². The summed E-state index contributed by atoms with van der Waals surface area (Å²) in [7, 11) is 0. The number of pyridine rings is 1. The lowest BCUT2D eigenvalue weighted by Gasteiger charge is -2.40. The second-order valence-corrected chi connectivity index (χ2v) is 6.76. The van der Waals surface area contributed by atoms with E-state index in [-0.39, 0.29) is 12.1 Å². The molecule has 0 aliphatic heterocycles. The van der Waals surface area contributed by atoms with Crippen LogP contribution in [0.15, 0.2) is 6.07 Å². The standard InChI is InChI=1S/C15H23Cl2N3O/c1-3-18-13-11(16)7-12(17)14(19-13)20-15(9-21)6-4-5-10(2)8-15/h7,10,21H,3-6,8-9H2,1-2H3,(H2,18,19,20). The highest BCUT2D eigenvalue weighted by Gasteiger charge is 2.35.